The van der Waals surface area contributed by atoms with E-state index in [1.54, 1.807) is 14.2 Å². The highest BCUT2D eigenvalue weighted by Gasteiger charge is 2.17. The number of ether oxygens (including phenoxy) is 2. The normalized spacial score (nSPS) is 12.2. The first-order chi connectivity index (χ1) is 8.67. The van der Waals surface area contributed by atoms with Crippen LogP contribution in [0.25, 0.3) is 0 Å². The molecule has 1 atom stereocenters. The molecule has 0 heterocycles. The molecule has 0 fully saturated rings. The summed E-state index contributed by atoms with van der Waals surface area (Å²) >= 11 is 0. The molecule has 0 aliphatic rings. The van der Waals surface area contributed by atoms with E-state index in [4.69, 9.17) is 9.47 Å². The fourth-order valence-electron chi connectivity index (χ4n) is 1.62. The number of carbonyl (C=O) groups is 1. The van der Waals surface area contributed by atoms with Gasteiger partial charge >= 0.3 is 0 Å². The third-order valence-electron chi connectivity index (χ3n) is 2.49. The molecular weight excluding hydrogens is 232 g/mol. The monoisotopic (exact) mass is 252 g/mol. The van der Waals surface area contributed by atoms with Gasteiger partial charge in [0.05, 0.1) is 12.6 Å². The maximum atomic E-state index is 11.7. The van der Waals surface area contributed by atoms with Crippen LogP contribution in [0.5, 0.6) is 0 Å². The molecule has 0 aliphatic carbocycles. The zero-order valence-electron chi connectivity index (χ0n) is 11.0. The Morgan fingerprint density at radius 2 is 1.83 bits per heavy atom. The van der Waals surface area contributed by atoms with Crippen LogP contribution in [0, 0.1) is 0 Å². The largest absolute Gasteiger partial charge is 0.376 e. The van der Waals surface area contributed by atoms with Gasteiger partial charge in [-0.05, 0) is 19.1 Å². The van der Waals surface area contributed by atoms with Gasteiger partial charge in [-0.2, -0.15) is 0 Å². The van der Waals surface area contributed by atoms with E-state index in [0.29, 0.717) is 0 Å². The van der Waals surface area contributed by atoms with E-state index in [-0.39, 0.29) is 18.5 Å². The van der Waals surface area contributed by atoms with Crippen LogP contribution in [0.15, 0.2) is 30.3 Å². The van der Waals surface area contributed by atoms with E-state index in [2.05, 4.69) is 10.6 Å². The topological polar surface area (TPSA) is 59.6 Å². The van der Waals surface area contributed by atoms with Crippen molar-refractivity contribution >= 4 is 11.6 Å². The first-order valence-corrected chi connectivity index (χ1v) is 5.81. The molecule has 0 saturated carbocycles. The Hall–Kier alpha value is -1.59. The molecule has 1 unspecified atom stereocenters. The van der Waals surface area contributed by atoms with Gasteiger partial charge in [0, 0.05) is 19.9 Å². The molecule has 5 nitrogen and oxygen atoms in total. The standard InChI is InChI=1S/C13H20N2O3/c1-10(13(17-2)18-3)15-12(16)9-14-11-7-5-4-6-8-11/h4-8,10,13-14H,9H2,1-3H3,(H,15,16). The Morgan fingerprint density at radius 3 is 2.39 bits per heavy atom. The van der Waals surface area contributed by atoms with Gasteiger partial charge in [-0.3, -0.25) is 4.79 Å². The van der Waals surface area contributed by atoms with E-state index in [0.717, 1.165) is 5.69 Å². The van der Waals surface area contributed by atoms with E-state index in [9.17, 15) is 4.79 Å². The molecule has 1 aromatic rings. The minimum atomic E-state index is -0.439. The number of anilines is 1. The van der Waals surface area contributed by atoms with E-state index in [1.165, 1.54) is 0 Å². The molecule has 5 heteroatoms. The molecule has 0 spiro atoms. The van der Waals surface area contributed by atoms with Gasteiger partial charge in [-0.15, -0.1) is 0 Å². The minimum Gasteiger partial charge on any atom is -0.376 e. The Balaban J connectivity index is 2.33. The molecule has 0 aliphatic heterocycles. The van der Waals surface area contributed by atoms with Gasteiger partial charge in [0.2, 0.25) is 5.91 Å². The molecule has 1 rings (SSSR count). The first kappa shape index (κ1) is 14.5. The summed E-state index contributed by atoms with van der Waals surface area (Å²) in [6.07, 6.45) is -0.439. The molecule has 100 valence electrons. The molecule has 0 bridgehead atoms. The van der Waals surface area contributed by atoms with Gasteiger partial charge in [0.1, 0.15) is 0 Å². The van der Waals surface area contributed by atoms with Crippen molar-refractivity contribution < 1.29 is 14.3 Å². The van der Waals surface area contributed by atoms with Crippen LogP contribution in [0.4, 0.5) is 5.69 Å². The molecule has 2 N–H and O–H groups in total. The number of methoxy groups -OCH3 is 2. The third-order valence-corrected chi connectivity index (χ3v) is 2.49. The second-order valence-electron chi connectivity index (χ2n) is 3.92. The summed E-state index contributed by atoms with van der Waals surface area (Å²) in [4.78, 5) is 11.7. The van der Waals surface area contributed by atoms with Crippen LogP contribution < -0.4 is 10.6 Å². The number of benzene rings is 1. The van der Waals surface area contributed by atoms with Crippen LogP contribution in [-0.4, -0.2) is 39.0 Å². The van der Waals surface area contributed by atoms with Crippen molar-refractivity contribution in [3.8, 4) is 0 Å². The van der Waals surface area contributed by atoms with Crippen molar-refractivity contribution in [2.45, 2.75) is 19.3 Å². The molecule has 1 aromatic carbocycles. The summed E-state index contributed by atoms with van der Waals surface area (Å²) in [7, 11) is 3.08. The fraction of sp³-hybridized carbons (Fsp3) is 0.462. The summed E-state index contributed by atoms with van der Waals surface area (Å²) in [5, 5.41) is 5.83. The summed E-state index contributed by atoms with van der Waals surface area (Å²) in [6, 6.07) is 9.36. The fourth-order valence-corrected chi connectivity index (χ4v) is 1.62. The number of nitrogens with one attached hydrogen (secondary N) is 2. The van der Waals surface area contributed by atoms with E-state index >= 15 is 0 Å². The average molecular weight is 252 g/mol. The van der Waals surface area contributed by atoms with Crippen molar-refractivity contribution in [2.75, 3.05) is 26.1 Å². The van der Waals surface area contributed by atoms with Crippen LogP contribution >= 0.6 is 0 Å². The van der Waals surface area contributed by atoms with Crippen LogP contribution in [0.2, 0.25) is 0 Å². The average Bonchev–Trinajstić information content (AvgIpc) is 2.39. The highest BCUT2D eigenvalue weighted by atomic mass is 16.7. The smallest absolute Gasteiger partial charge is 0.239 e. The second-order valence-corrected chi connectivity index (χ2v) is 3.92. The zero-order chi connectivity index (χ0) is 13.4. The minimum absolute atomic E-state index is 0.106. The van der Waals surface area contributed by atoms with Gasteiger partial charge in [-0.25, -0.2) is 0 Å². The van der Waals surface area contributed by atoms with Crippen molar-refractivity contribution in [1.82, 2.24) is 5.32 Å². The first-order valence-electron chi connectivity index (χ1n) is 5.81. The second kappa shape index (κ2) is 7.68. The summed E-state index contributed by atoms with van der Waals surface area (Å²) in [5.41, 5.74) is 0.912. The predicted molar refractivity (Wildman–Crippen MR) is 70.3 cm³/mol. The summed E-state index contributed by atoms with van der Waals surface area (Å²) in [5.74, 6) is -0.106. The van der Waals surface area contributed by atoms with Crippen LogP contribution in [-0.2, 0) is 14.3 Å². The summed E-state index contributed by atoms with van der Waals surface area (Å²) < 4.78 is 10.1. The van der Waals surface area contributed by atoms with Gasteiger partial charge in [0.25, 0.3) is 0 Å². The number of amides is 1. The Kier molecular flexibility index (Phi) is 6.18. The van der Waals surface area contributed by atoms with Crippen molar-refractivity contribution in [3.05, 3.63) is 30.3 Å². The Bertz CT molecular complexity index is 353. The van der Waals surface area contributed by atoms with Crippen molar-refractivity contribution in [1.29, 1.82) is 0 Å². The number of rotatable bonds is 7. The lowest BCUT2D eigenvalue weighted by molar-refractivity contribution is -0.134. The van der Waals surface area contributed by atoms with Gasteiger partial charge < -0.3 is 20.1 Å². The Labute approximate surface area is 107 Å². The number of hydrogen-bond donors (Lipinski definition) is 2. The molecule has 1 amide bonds. The number of carbonyl (C=O) groups excluding carboxylic acids is 1. The van der Waals surface area contributed by atoms with E-state index < -0.39 is 6.29 Å². The maximum absolute atomic E-state index is 11.7. The molecular formula is C13H20N2O3. The third kappa shape index (κ3) is 4.73. The van der Waals surface area contributed by atoms with Crippen molar-refractivity contribution in [3.63, 3.8) is 0 Å². The molecule has 0 saturated heterocycles. The lowest BCUT2D eigenvalue weighted by atomic mass is 10.3. The lowest BCUT2D eigenvalue weighted by Gasteiger charge is -2.22. The Morgan fingerprint density at radius 1 is 1.22 bits per heavy atom. The van der Waals surface area contributed by atoms with Gasteiger partial charge in [-0.1, -0.05) is 18.2 Å². The molecule has 0 radical (unpaired) electrons. The number of para-hydroxylation sites is 1. The summed E-state index contributed by atoms with van der Waals surface area (Å²) in [6.45, 7) is 2.05. The molecule has 0 aromatic heterocycles. The van der Waals surface area contributed by atoms with Gasteiger partial charge in [0.15, 0.2) is 6.29 Å². The van der Waals surface area contributed by atoms with Crippen LogP contribution in [0.3, 0.4) is 0 Å². The highest BCUT2D eigenvalue weighted by molar-refractivity contribution is 5.80. The predicted octanol–water partition coefficient (Wildman–Crippen LogP) is 1.22. The zero-order valence-corrected chi connectivity index (χ0v) is 11.0. The van der Waals surface area contributed by atoms with E-state index in [1.807, 2.05) is 37.3 Å². The molecule has 18 heavy (non-hydrogen) atoms. The SMILES string of the molecule is COC(OC)C(C)NC(=O)CNc1ccccc1. The highest BCUT2D eigenvalue weighted by Crippen LogP contribution is 2.04. The number of hydrogen-bond acceptors (Lipinski definition) is 4. The quantitative estimate of drug-likeness (QED) is 0.716. The van der Waals surface area contributed by atoms with Crippen LogP contribution in [0.1, 0.15) is 6.92 Å². The lowest BCUT2D eigenvalue weighted by Crippen LogP contribution is -2.44. The maximum Gasteiger partial charge on any atom is 0.239 e. The van der Waals surface area contributed by atoms with Crippen molar-refractivity contribution in [2.24, 2.45) is 0 Å².